The van der Waals surface area contributed by atoms with E-state index < -0.39 is 6.04 Å². The number of aryl methyl sites for hydroxylation is 1. The van der Waals surface area contributed by atoms with Crippen molar-refractivity contribution in [2.45, 2.75) is 38.9 Å². The van der Waals surface area contributed by atoms with Crippen molar-refractivity contribution < 1.29 is 9.59 Å². The Morgan fingerprint density at radius 3 is 2.63 bits per heavy atom. The van der Waals surface area contributed by atoms with Crippen LogP contribution < -0.4 is 5.73 Å². The molecule has 0 saturated carbocycles. The summed E-state index contributed by atoms with van der Waals surface area (Å²) in [6, 6.07) is 9.71. The summed E-state index contributed by atoms with van der Waals surface area (Å²) < 4.78 is 1.99. The topological polar surface area (TPSA) is 84.5 Å². The molecule has 0 spiro atoms. The summed E-state index contributed by atoms with van der Waals surface area (Å²) in [5.41, 5.74) is 6.58. The van der Waals surface area contributed by atoms with E-state index in [0.29, 0.717) is 32.6 Å². The fraction of sp³-hybridized carbons (Fsp3) is 0.450. The van der Waals surface area contributed by atoms with Gasteiger partial charge in [-0.25, -0.2) is 4.98 Å². The van der Waals surface area contributed by atoms with E-state index in [1.54, 1.807) is 11.1 Å². The summed E-state index contributed by atoms with van der Waals surface area (Å²) >= 11 is 0. The molecule has 2 heterocycles. The molecule has 144 valence electrons. The molecule has 1 fully saturated rings. The highest BCUT2D eigenvalue weighted by molar-refractivity contribution is 5.82. The molecular formula is C20H27N5O2. The first-order chi connectivity index (χ1) is 13.0. The zero-order valence-electron chi connectivity index (χ0n) is 15.9. The van der Waals surface area contributed by atoms with E-state index in [9.17, 15) is 9.59 Å². The van der Waals surface area contributed by atoms with Gasteiger partial charge in [0, 0.05) is 56.6 Å². The van der Waals surface area contributed by atoms with Crippen molar-refractivity contribution >= 4 is 11.8 Å². The molecule has 1 atom stereocenters. The van der Waals surface area contributed by atoms with Crippen LogP contribution in [0.1, 0.15) is 20.3 Å². The van der Waals surface area contributed by atoms with Gasteiger partial charge in [-0.15, -0.1) is 0 Å². The van der Waals surface area contributed by atoms with Gasteiger partial charge in [0.05, 0.1) is 0 Å². The molecule has 2 amide bonds. The van der Waals surface area contributed by atoms with Crippen LogP contribution in [-0.2, 0) is 16.1 Å². The maximum atomic E-state index is 12.7. The third-order valence-corrected chi connectivity index (χ3v) is 5.08. The van der Waals surface area contributed by atoms with Crippen molar-refractivity contribution in [2.75, 3.05) is 19.6 Å². The quantitative estimate of drug-likeness (QED) is 0.833. The third kappa shape index (κ3) is 4.36. The van der Waals surface area contributed by atoms with Gasteiger partial charge in [-0.3, -0.25) is 14.5 Å². The predicted molar refractivity (Wildman–Crippen MR) is 104 cm³/mol. The fourth-order valence-corrected chi connectivity index (χ4v) is 3.61. The lowest BCUT2D eigenvalue weighted by Crippen LogP contribution is -2.61. The zero-order chi connectivity index (χ0) is 19.4. The van der Waals surface area contributed by atoms with Crippen molar-refractivity contribution in [3.63, 3.8) is 0 Å². The predicted octanol–water partition coefficient (Wildman–Crippen LogP) is 1.35. The van der Waals surface area contributed by atoms with Gasteiger partial charge >= 0.3 is 0 Å². The lowest BCUT2D eigenvalue weighted by atomic mass is 10.1. The van der Waals surface area contributed by atoms with Gasteiger partial charge in [0.15, 0.2) is 0 Å². The summed E-state index contributed by atoms with van der Waals surface area (Å²) in [6.07, 6.45) is 4.00. The summed E-state index contributed by atoms with van der Waals surface area (Å²) in [5.74, 6) is 0.516. The van der Waals surface area contributed by atoms with Gasteiger partial charge in [-0.2, -0.15) is 0 Å². The number of hydrogen-bond donors (Lipinski definition) is 1. The maximum Gasteiger partial charge on any atom is 0.236 e. The Labute approximate surface area is 159 Å². The highest BCUT2D eigenvalue weighted by Gasteiger charge is 2.34. The molecule has 3 rings (SSSR count). The summed E-state index contributed by atoms with van der Waals surface area (Å²) in [7, 11) is 0. The molecule has 27 heavy (non-hydrogen) atoms. The van der Waals surface area contributed by atoms with Crippen LogP contribution in [0.4, 0.5) is 0 Å². The Kier molecular flexibility index (Phi) is 5.91. The van der Waals surface area contributed by atoms with Gasteiger partial charge in [0.25, 0.3) is 0 Å². The van der Waals surface area contributed by atoms with E-state index in [-0.39, 0.29) is 17.9 Å². The van der Waals surface area contributed by atoms with Gasteiger partial charge < -0.3 is 15.2 Å². The van der Waals surface area contributed by atoms with E-state index >= 15 is 0 Å². The molecule has 1 aromatic carbocycles. The largest absolute Gasteiger partial charge is 0.368 e. The molecule has 1 saturated heterocycles. The third-order valence-electron chi connectivity index (χ3n) is 5.08. The molecule has 2 N–H and O–H groups in total. The van der Waals surface area contributed by atoms with Gasteiger partial charge in [-0.05, 0) is 13.8 Å². The van der Waals surface area contributed by atoms with E-state index in [4.69, 9.17) is 5.73 Å². The number of primary amides is 1. The average Bonchev–Trinajstić information content (AvgIpc) is 3.14. The highest BCUT2D eigenvalue weighted by atomic mass is 16.2. The number of nitrogens with zero attached hydrogens (tertiary/aromatic N) is 4. The summed E-state index contributed by atoms with van der Waals surface area (Å²) in [5, 5.41) is 0. The molecule has 2 aromatic rings. The Bertz CT molecular complexity index is 787. The van der Waals surface area contributed by atoms with Crippen LogP contribution in [-0.4, -0.2) is 62.9 Å². The number of carbonyl (C=O) groups excluding carboxylic acids is 2. The monoisotopic (exact) mass is 369 g/mol. The minimum Gasteiger partial charge on any atom is -0.368 e. The molecule has 0 radical (unpaired) electrons. The number of benzene rings is 1. The zero-order valence-corrected chi connectivity index (χ0v) is 15.9. The van der Waals surface area contributed by atoms with Crippen molar-refractivity contribution in [3.05, 3.63) is 42.7 Å². The second-order valence-corrected chi connectivity index (χ2v) is 7.15. The van der Waals surface area contributed by atoms with E-state index in [0.717, 1.165) is 11.4 Å². The van der Waals surface area contributed by atoms with Crippen molar-refractivity contribution in [1.82, 2.24) is 19.4 Å². The van der Waals surface area contributed by atoms with Crippen molar-refractivity contribution in [2.24, 2.45) is 5.73 Å². The second kappa shape index (κ2) is 8.35. The average molecular weight is 369 g/mol. The lowest BCUT2D eigenvalue weighted by Gasteiger charge is -2.42. The Balaban J connectivity index is 1.62. The highest BCUT2D eigenvalue weighted by Crippen LogP contribution is 2.18. The Morgan fingerprint density at radius 2 is 1.96 bits per heavy atom. The number of piperazine rings is 1. The van der Waals surface area contributed by atoms with Crippen LogP contribution in [0.15, 0.2) is 42.7 Å². The minimum absolute atomic E-state index is 0.0392. The van der Waals surface area contributed by atoms with E-state index in [2.05, 4.69) is 9.88 Å². The molecule has 1 aliphatic rings. The molecular weight excluding hydrogens is 342 g/mol. The number of nitrogens with two attached hydrogens (primary N) is 1. The first kappa shape index (κ1) is 19.1. The van der Waals surface area contributed by atoms with Crippen LogP contribution >= 0.6 is 0 Å². The Morgan fingerprint density at radius 1 is 1.22 bits per heavy atom. The normalized spacial score (nSPS) is 18.0. The van der Waals surface area contributed by atoms with Crippen LogP contribution in [0.5, 0.6) is 0 Å². The number of imidazole rings is 1. The van der Waals surface area contributed by atoms with Crippen LogP contribution in [0.25, 0.3) is 11.4 Å². The molecule has 1 aliphatic heterocycles. The Hall–Kier alpha value is -2.67. The van der Waals surface area contributed by atoms with Gasteiger partial charge in [-0.1, -0.05) is 30.3 Å². The first-order valence-electron chi connectivity index (χ1n) is 9.36. The van der Waals surface area contributed by atoms with Gasteiger partial charge in [0.2, 0.25) is 11.8 Å². The van der Waals surface area contributed by atoms with Crippen molar-refractivity contribution in [1.29, 1.82) is 0 Å². The number of amides is 2. The number of aromatic nitrogens is 2. The number of carbonyl (C=O) groups is 2. The van der Waals surface area contributed by atoms with Crippen LogP contribution in [0.2, 0.25) is 0 Å². The van der Waals surface area contributed by atoms with Crippen LogP contribution in [0.3, 0.4) is 0 Å². The van der Waals surface area contributed by atoms with Crippen molar-refractivity contribution in [3.8, 4) is 11.4 Å². The van der Waals surface area contributed by atoms with Gasteiger partial charge in [0.1, 0.15) is 11.9 Å². The standard InChI is InChI=1S/C20H27N5O2/c1-15(2)25-13-12-24(14-17(25)19(21)27)18(26)8-10-23-11-9-22-20(23)16-6-4-3-5-7-16/h3-7,9,11,15,17H,8,10,12-14H2,1-2H3,(H2,21,27)/t17-/m1/s1. The molecule has 7 heteroatoms. The number of rotatable bonds is 6. The summed E-state index contributed by atoms with van der Waals surface area (Å²) in [4.78, 5) is 32.8. The molecule has 0 unspecified atom stereocenters. The first-order valence-corrected chi connectivity index (χ1v) is 9.36. The van der Waals surface area contributed by atoms with E-state index in [1.807, 2.05) is 54.9 Å². The molecule has 0 bridgehead atoms. The second-order valence-electron chi connectivity index (χ2n) is 7.15. The minimum atomic E-state index is -0.421. The summed E-state index contributed by atoms with van der Waals surface area (Å²) in [6.45, 7) is 6.28. The molecule has 1 aromatic heterocycles. The number of hydrogen-bond acceptors (Lipinski definition) is 4. The molecule has 0 aliphatic carbocycles. The lowest BCUT2D eigenvalue weighted by molar-refractivity contribution is -0.138. The maximum absolute atomic E-state index is 12.7. The SMILES string of the molecule is CC(C)N1CCN(C(=O)CCn2ccnc2-c2ccccc2)C[C@@H]1C(N)=O. The smallest absolute Gasteiger partial charge is 0.236 e. The fourth-order valence-electron chi connectivity index (χ4n) is 3.61. The molecule has 7 nitrogen and oxygen atoms in total. The van der Waals surface area contributed by atoms with E-state index in [1.165, 1.54) is 0 Å². The van der Waals surface area contributed by atoms with Crippen LogP contribution in [0, 0.1) is 0 Å².